The normalized spacial score (nSPS) is 10.0. The van der Waals surface area contributed by atoms with Gasteiger partial charge in [0.15, 0.2) is 18.2 Å². The second-order valence-electron chi connectivity index (χ2n) is 5.20. The second kappa shape index (κ2) is 10.1. The lowest BCUT2D eigenvalue weighted by Crippen LogP contribution is -2.38. The van der Waals surface area contributed by atoms with E-state index in [1.807, 2.05) is 49.4 Å². The van der Waals surface area contributed by atoms with Gasteiger partial charge in [-0.1, -0.05) is 24.3 Å². The lowest BCUT2D eigenvalue weighted by atomic mass is 10.1. The molecule has 6 heteroatoms. The molecule has 0 fully saturated rings. The maximum atomic E-state index is 11.8. The monoisotopic (exact) mass is 344 g/mol. The molecule has 134 valence electrons. The zero-order chi connectivity index (χ0) is 17.9. The molecule has 2 N–H and O–H groups in total. The van der Waals surface area contributed by atoms with Crippen LogP contribution in [-0.4, -0.2) is 33.0 Å². The summed E-state index contributed by atoms with van der Waals surface area (Å²) in [4.78, 5) is 11.8. The highest BCUT2D eigenvalue weighted by Gasteiger charge is 2.05. The average Bonchev–Trinajstić information content (AvgIpc) is 2.63. The topological polar surface area (TPSA) is 68.8 Å². The average molecular weight is 344 g/mol. The lowest BCUT2D eigenvalue weighted by Gasteiger charge is -2.12. The molecule has 0 saturated heterocycles. The number of benzene rings is 2. The van der Waals surface area contributed by atoms with Gasteiger partial charge in [-0.3, -0.25) is 0 Å². The Labute approximate surface area is 148 Å². The fourth-order valence-electron chi connectivity index (χ4n) is 2.23. The van der Waals surface area contributed by atoms with Gasteiger partial charge >= 0.3 is 6.03 Å². The summed E-state index contributed by atoms with van der Waals surface area (Å²) in [6, 6.07) is 14.8. The number of carbonyl (C=O) groups is 1. The summed E-state index contributed by atoms with van der Waals surface area (Å²) < 4.78 is 16.2. The minimum absolute atomic E-state index is 0.0646. The Morgan fingerprint density at radius 2 is 1.76 bits per heavy atom. The molecule has 0 spiro atoms. The van der Waals surface area contributed by atoms with Gasteiger partial charge in [0, 0.05) is 6.54 Å². The molecule has 0 aliphatic heterocycles. The molecule has 0 heterocycles. The fourth-order valence-corrected chi connectivity index (χ4v) is 2.23. The van der Waals surface area contributed by atoms with Crippen LogP contribution in [0.15, 0.2) is 48.5 Å². The van der Waals surface area contributed by atoms with Crippen molar-refractivity contribution in [1.82, 2.24) is 10.6 Å². The molecule has 0 aliphatic carbocycles. The Balaban J connectivity index is 1.69. The van der Waals surface area contributed by atoms with Gasteiger partial charge < -0.3 is 24.8 Å². The largest absolute Gasteiger partial charge is 0.497 e. The van der Waals surface area contributed by atoms with Crippen molar-refractivity contribution < 1.29 is 19.0 Å². The maximum Gasteiger partial charge on any atom is 0.317 e. The van der Waals surface area contributed by atoms with E-state index in [4.69, 9.17) is 14.2 Å². The van der Waals surface area contributed by atoms with Gasteiger partial charge in [-0.05, 0) is 43.2 Å². The molecule has 2 amide bonds. The smallest absolute Gasteiger partial charge is 0.317 e. The van der Waals surface area contributed by atoms with Crippen LogP contribution in [0.2, 0.25) is 0 Å². The Hall–Kier alpha value is -2.89. The van der Waals surface area contributed by atoms with E-state index in [1.54, 1.807) is 13.2 Å². The molecular formula is C19H24N2O4. The summed E-state index contributed by atoms with van der Waals surface area (Å²) in [6.07, 6.45) is 0.721. The number of hydrogen-bond acceptors (Lipinski definition) is 4. The molecule has 2 aromatic rings. The van der Waals surface area contributed by atoms with E-state index >= 15 is 0 Å². The standard InChI is InChI=1S/C19H24N2O4/c1-3-24-17-9-4-5-10-18(17)25-14-21-19(22)20-12-11-15-7-6-8-16(13-15)23-2/h4-10,13H,3,11-12,14H2,1-2H3,(H2,20,21,22). The third-order valence-electron chi connectivity index (χ3n) is 3.44. The number of carbonyl (C=O) groups excluding carboxylic acids is 1. The molecule has 2 rings (SSSR count). The van der Waals surface area contributed by atoms with E-state index in [2.05, 4.69) is 10.6 Å². The molecule has 25 heavy (non-hydrogen) atoms. The molecule has 6 nitrogen and oxygen atoms in total. The summed E-state index contributed by atoms with van der Waals surface area (Å²) in [6.45, 7) is 3.05. The Kier molecular flexibility index (Phi) is 7.43. The summed E-state index contributed by atoms with van der Waals surface area (Å²) in [5, 5.41) is 5.45. The molecule has 0 unspecified atom stereocenters. The van der Waals surface area contributed by atoms with E-state index in [1.165, 1.54) is 0 Å². The predicted molar refractivity (Wildman–Crippen MR) is 96.3 cm³/mol. The molecule has 0 saturated carbocycles. The van der Waals surface area contributed by atoms with Crippen molar-refractivity contribution in [2.75, 3.05) is 27.0 Å². The molecule has 2 aromatic carbocycles. The van der Waals surface area contributed by atoms with Gasteiger partial charge in [0.1, 0.15) is 5.75 Å². The highest BCUT2D eigenvalue weighted by molar-refractivity contribution is 5.73. The van der Waals surface area contributed by atoms with E-state index < -0.39 is 0 Å². The van der Waals surface area contributed by atoms with Crippen molar-refractivity contribution >= 4 is 6.03 Å². The molecule has 0 aliphatic rings. The molecule has 0 aromatic heterocycles. The Morgan fingerprint density at radius 1 is 1.00 bits per heavy atom. The quantitative estimate of drug-likeness (QED) is 0.686. The highest BCUT2D eigenvalue weighted by Crippen LogP contribution is 2.25. The minimum atomic E-state index is -0.281. The van der Waals surface area contributed by atoms with Crippen LogP contribution in [0, 0.1) is 0 Å². The summed E-state index contributed by atoms with van der Waals surface area (Å²) in [5.41, 5.74) is 1.10. The molecule has 0 bridgehead atoms. The summed E-state index contributed by atoms with van der Waals surface area (Å²) in [5.74, 6) is 2.06. The predicted octanol–water partition coefficient (Wildman–Crippen LogP) is 2.97. The first-order valence-electron chi connectivity index (χ1n) is 8.22. The number of para-hydroxylation sites is 2. The van der Waals surface area contributed by atoms with Gasteiger partial charge in [0.2, 0.25) is 0 Å². The van der Waals surface area contributed by atoms with Crippen LogP contribution in [0.4, 0.5) is 4.79 Å². The lowest BCUT2D eigenvalue weighted by molar-refractivity contribution is 0.220. The minimum Gasteiger partial charge on any atom is -0.497 e. The van der Waals surface area contributed by atoms with E-state index in [-0.39, 0.29) is 12.8 Å². The third kappa shape index (κ3) is 6.25. The van der Waals surface area contributed by atoms with Crippen molar-refractivity contribution in [1.29, 1.82) is 0 Å². The summed E-state index contributed by atoms with van der Waals surface area (Å²) in [7, 11) is 1.63. The number of ether oxygens (including phenoxy) is 3. The van der Waals surface area contributed by atoms with Crippen molar-refractivity contribution in [2.45, 2.75) is 13.3 Å². The number of amides is 2. The number of rotatable bonds is 9. The molecule has 0 atom stereocenters. The SMILES string of the molecule is CCOc1ccccc1OCNC(=O)NCCc1cccc(OC)c1. The van der Waals surface area contributed by atoms with Gasteiger partial charge in [0.25, 0.3) is 0 Å². The van der Waals surface area contributed by atoms with Crippen LogP contribution in [0.1, 0.15) is 12.5 Å². The van der Waals surface area contributed by atoms with Gasteiger partial charge in [-0.15, -0.1) is 0 Å². The number of methoxy groups -OCH3 is 1. The third-order valence-corrected chi connectivity index (χ3v) is 3.44. The first-order chi connectivity index (χ1) is 12.2. The fraction of sp³-hybridized carbons (Fsp3) is 0.316. The van der Waals surface area contributed by atoms with Crippen molar-refractivity contribution in [3.63, 3.8) is 0 Å². The molecular weight excluding hydrogens is 320 g/mol. The van der Waals surface area contributed by atoms with Gasteiger partial charge in [0.05, 0.1) is 13.7 Å². The van der Waals surface area contributed by atoms with Crippen molar-refractivity contribution in [3.05, 3.63) is 54.1 Å². The first-order valence-corrected chi connectivity index (χ1v) is 8.22. The zero-order valence-electron chi connectivity index (χ0n) is 14.6. The van der Waals surface area contributed by atoms with Gasteiger partial charge in [-0.2, -0.15) is 0 Å². The van der Waals surface area contributed by atoms with Crippen LogP contribution in [0.3, 0.4) is 0 Å². The van der Waals surface area contributed by atoms with Crippen LogP contribution < -0.4 is 24.8 Å². The first kappa shape index (κ1) is 18.4. The van der Waals surface area contributed by atoms with Crippen LogP contribution >= 0.6 is 0 Å². The maximum absolute atomic E-state index is 11.8. The number of urea groups is 1. The van der Waals surface area contributed by atoms with E-state index in [0.717, 1.165) is 17.7 Å². The van der Waals surface area contributed by atoms with Crippen molar-refractivity contribution in [2.24, 2.45) is 0 Å². The summed E-state index contributed by atoms with van der Waals surface area (Å²) >= 11 is 0. The molecule has 0 radical (unpaired) electrons. The Morgan fingerprint density at radius 3 is 2.48 bits per heavy atom. The van der Waals surface area contributed by atoms with Crippen LogP contribution in [0.25, 0.3) is 0 Å². The zero-order valence-corrected chi connectivity index (χ0v) is 14.6. The Bertz CT molecular complexity index is 676. The number of nitrogens with one attached hydrogen (secondary N) is 2. The van der Waals surface area contributed by atoms with E-state index in [9.17, 15) is 4.79 Å². The van der Waals surface area contributed by atoms with E-state index in [0.29, 0.717) is 24.7 Å². The second-order valence-corrected chi connectivity index (χ2v) is 5.20. The number of hydrogen-bond donors (Lipinski definition) is 2. The van der Waals surface area contributed by atoms with Gasteiger partial charge in [-0.25, -0.2) is 4.79 Å². The highest BCUT2D eigenvalue weighted by atomic mass is 16.5. The van der Waals surface area contributed by atoms with Crippen LogP contribution in [0.5, 0.6) is 17.2 Å². The van der Waals surface area contributed by atoms with Crippen LogP contribution in [-0.2, 0) is 6.42 Å². The van der Waals surface area contributed by atoms with Crippen molar-refractivity contribution in [3.8, 4) is 17.2 Å².